The van der Waals surface area contributed by atoms with E-state index in [1.807, 2.05) is 11.8 Å². The summed E-state index contributed by atoms with van der Waals surface area (Å²) in [5.74, 6) is 0.264. The number of anilines is 1. The van der Waals surface area contributed by atoms with Crippen molar-refractivity contribution in [3.8, 4) is 0 Å². The molecule has 0 atom stereocenters. The summed E-state index contributed by atoms with van der Waals surface area (Å²) in [7, 11) is 0. The van der Waals surface area contributed by atoms with Crippen LogP contribution in [0.3, 0.4) is 0 Å². The summed E-state index contributed by atoms with van der Waals surface area (Å²) in [4.78, 5) is 13.7. The van der Waals surface area contributed by atoms with E-state index in [9.17, 15) is 4.79 Å². The number of hydrogen-bond acceptors (Lipinski definition) is 1. The van der Waals surface area contributed by atoms with Gasteiger partial charge in [0.25, 0.3) is 0 Å². The molecule has 2 heteroatoms. The second kappa shape index (κ2) is 4.05. The first-order chi connectivity index (χ1) is 7.22. The second-order valence-electron chi connectivity index (χ2n) is 4.18. The van der Waals surface area contributed by atoms with Gasteiger partial charge in [-0.1, -0.05) is 24.6 Å². The van der Waals surface area contributed by atoms with Crippen LogP contribution in [0.4, 0.5) is 5.69 Å². The van der Waals surface area contributed by atoms with E-state index in [1.165, 1.54) is 11.1 Å². The predicted octanol–water partition coefficient (Wildman–Crippen LogP) is 2.68. The molecule has 0 spiro atoms. The van der Waals surface area contributed by atoms with Gasteiger partial charge >= 0.3 is 0 Å². The number of fused-ring (bicyclic) bond motifs is 1. The van der Waals surface area contributed by atoms with Crippen LogP contribution >= 0.6 is 0 Å². The smallest absolute Gasteiger partial charge is 0.226 e. The van der Waals surface area contributed by atoms with Crippen molar-refractivity contribution < 1.29 is 4.79 Å². The quantitative estimate of drug-likeness (QED) is 0.723. The monoisotopic (exact) mass is 203 g/mol. The molecule has 1 amide bonds. The Kier molecular flexibility index (Phi) is 2.76. The van der Waals surface area contributed by atoms with Gasteiger partial charge in [-0.05, 0) is 31.4 Å². The molecule has 0 saturated heterocycles. The molecule has 1 heterocycles. The maximum atomic E-state index is 11.8. The zero-order valence-corrected chi connectivity index (χ0v) is 9.42. The highest BCUT2D eigenvalue weighted by molar-refractivity contribution is 5.95. The number of hydrogen-bond donors (Lipinski definition) is 0. The number of carbonyl (C=O) groups is 1. The third-order valence-electron chi connectivity index (χ3n) is 2.90. The maximum Gasteiger partial charge on any atom is 0.226 e. The second-order valence-corrected chi connectivity index (χ2v) is 4.18. The van der Waals surface area contributed by atoms with Crippen LogP contribution in [0, 0.1) is 6.92 Å². The van der Waals surface area contributed by atoms with Crippen LogP contribution in [0.15, 0.2) is 18.2 Å². The molecule has 15 heavy (non-hydrogen) atoms. The van der Waals surface area contributed by atoms with E-state index in [1.54, 1.807) is 0 Å². The average molecular weight is 203 g/mol. The van der Waals surface area contributed by atoms with E-state index in [-0.39, 0.29) is 5.91 Å². The Morgan fingerprint density at radius 2 is 2.27 bits per heavy atom. The predicted molar refractivity (Wildman–Crippen MR) is 62.1 cm³/mol. The molecule has 80 valence electrons. The van der Waals surface area contributed by atoms with Crippen LogP contribution in [0.25, 0.3) is 0 Å². The Morgan fingerprint density at radius 1 is 1.47 bits per heavy atom. The van der Waals surface area contributed by atoms with Crippen molar-refractivity contribution in [2.24, 2.45) is 0 Å². The summed E-state index contributed by atoms with van der Waals surface area (Å²) in [6.07, 6.45) is 2.59. The zero-order chi connectivity index (χ0) is 10.8. The van der Waals surface area contributed by atoms with Crippen LogP contribution in [0.5, 0.6) is 0 Å². The third-order valence-corrected chi connectivity index (χ3v) is 2.90. The Bertz CT molecular complexity index is 384. The molecule has 0 aromatic heterocycles. The lowest BCUT2D eigenvalue weighted by atomic mass is 10.1. The fourth-order valence-corrected chi connectivity index (χ4v) is 2.14. The topological polar surface area (TPSA) is 20.3 Å². The number of aryl methyl sites for hydroxylation is 1. The molecule has 0 unspecified atom stereocenters. The molecule has 0 bridgehead atoms. The van der Waals surface area contributed by atoms with Gasteiger partial charge in [-0.3, -0.25) is 4.79 Å². The third kappa shape index (κ3) is 1.89. The van der Waals surface area contributed by atoms with Gasteiger partial charge in [-0.15, -0.1) is 0 Å². The molecular formula is C13H17NO. The minimum Gasteiger partial charge on any atom is -0.312 e. The molecule has 0 aliphatic carbocycles. The van der Waals surface area contributed by atoms with Crippen LogP contribution in [0.2, 0.25) is 0 Å². The average Bonchev–Trinajstić information content (AvgIpc) is 2.60. The van der Waals surface area contributed by atoms with Crippen LogP contribution in [-0.4, -0.2) is 12.5 Å². The van der Waals surface area contributed by atoms with E-state index in [0.717, 1.165) is 25.1 Å². The lowest BCUT2D eigenvalue weighted by Crippen LogP contribution is -2.28. The normalized spacial score (nSPS) is 14.1. The van der Waals surface area contributed by atoms with Crippen molar-refractivity contribution in [2.75, 3.05) is 11.4 Å². The molecule has 1 aromatic rings. The van der Waals surface area contributed by atoms with Gasteiger partial charge in [0.15, 0.2) is 0 Å². The lowest BCUT2D eigenvalue weighted by molar-refractivity contribution is -0.118. The van der Waals surface area contributed by atoms with Crippen molar-refractivity contribution in [3.63, 3.8) is 0 Å². The number of nitrogens with zero attached hydrogens (tertiary/aromatic N) is 1. The van der Waals surface area contributed by atoms with E-state index >= 15 is 0 Å². The lowest BCUT2D eigenvalue weighted by Gasteiger charge is -2.16. The van der Waals surface area contributed by atoms with Crippen molar-refractivity contribution in [1.29, 1.82) is 0 Å². The van der Waals surface area contributed by atoms with Crippen molar-refractivity contribution in [2.45, 2.75) is 33.1 Å². The van der Waals surface area contributed by atoms with Gasteiger partial charge < -0.3 is 4.90 Å². The van der Waals surface area contributed by atoms with E-state index in [0.29, 0.717) is 6.42 Å². The largest absolute Gasteiger partial charge is 0.312 e. The standard InChI is InChI=1S/C13H17NO/c1-3-4-13(15)14-8-7-11-9-10(2)5-6-12(11)14/h5-6,9H,3-4,7-8H2,1-2H3. The molecule has 2 rings (SSSR count). The van der Waals surface area contributed by atoms with Gasteiger partial charge in [0.1, 0.15) is 0 Å². The summed E-state index contributed by atoms with van der Waals surface area (Å²) < 4.78 is 0. The van der Waals surface area contributed by atoms with Gasteiger partial charge in [0.05, 0.1) is 0 Å². The fourth-order valence-electron chi connectivity index (χ4n) is 2.14. The van der Waals surface area contributed by atoms with Crippen molar-refractivity contribution in [1.82, 2.24) is 0 Å². The van der Waals surface area contributed by atoms with E-state index in [2.05, 4.69) is 25.1 Å². The van der Waals surface area contributed by atoms with Crippen LogP contribution in [0.1, 0.15) is 30.9 Å². The summed E-state index contributed by atoms with van der Waals surface area (Å²) in [6, 6.07) is 6.34. The van der Waals surface area contributed by atoms with E-state index in [4.69, 9.17) is 0 Å². The van der Waals surface area contributed by atoms with Gasteiger partial charge in [0, 0.05) is 18.7 Å². The highest BCUT2D eigenvalue weighted by Gasteiger charge is 2.23. The SMILES string of the molecule is CCCC(=O)N1CCc2cc(C)ccc21. The number of carbonyl (C=O) groups excluding carboxylic acids is 1. The summed E-state index contributed by atoms with van der Waals surface area (Å²) in [6.45, 7) is 5.00. The van der Waals surface area contributed by atoms with Crippen LogP contribution < -0.4 is 4.90 Å². The molecule has 1 aromatic carbocycles. The highest BCUT2D eigenvalue weighted by Crippen LogP contribution is 2.29. The molecule has 0 N–H and O–H groups in total. The minimum atomic E-state index is 0.264. The van der Waals surface area contributed by atoms with Gasteiger partial charge in [-0.2, -0.15) is 0 Å². The number of rotatable bonds is 2. The minimum absolute atomic E-state index is 0.264. The first kappa shape index (κ1) is 10.2. The molecule has 2 nitrogen and oxygen atoms in total. The first-order valence-electron chi connectivity index (χ1n) is 5.62. The molecule has 1 aliphatic heterocycles. The van der Waals surface area contributed by atoms with Crippen molar-refractivity contribution in [3.05, 3.63) is 29.3 Å². The summed E-state index contributed by atoms with van der Waals surface area (Å²) >= 11 is 0. The molecule has 0 fully saturated rings. The fraction of sp³-hybridized carbons (Fsp3) is 0.462. The zero-order valence-electron chi connectivity index (χ0n) is 9.42. The van der Waals surface area contributed by atoms with E-state index < -0.39 is 0 Å². The van der Waals surface area contributed by atoms with Gasteiger partial charge in [0.2, 0.25) is 5.91 Å². The molecular weight excluding hydrogens is 186 g/mol. The maximum absolute atomic E-state index is 11.8. The Hall–Kier alpha value is -1.31. The van der Waals surface area contributed by atoms with Crippen LogP contribution in [-0.2, 0) is 11.2 Å². The molecule has 1 aliphatic rings. The van der Waals surface area contributed by atoms with Gasteiger partial charge in [-0.25, -0.2) is 0 Å². The molecule has 0 radical (unpaired) electrons. The highest BCUT2D eigenvalue weighted by atomic mass is 16.2. The summed E-state index contributed by atoms with van der Waals surface area (Å²) in [5.41, 5.74) is 3.72. The Balaban J connectivity index is 2.25. The summed E-state index contributed by atoms with van der Waals surface area (Å²) in [5, 5.41) is 0. The van der Waals surface area contributed by atoms with Crippen molar-refractivity contribution >= 4 is 11.6 Å². The molecule has 0 saturated carbocycles. The first-order valence-corrected chi connectivity index (χ1v) is 5.62. The number of benzene rings is 1. The Labute approximate surface area is 90.9 Å². The Morgan fingerprint density at radius 3 is 3.00 bits per heavy atom. The number of amides is 1.